The van der Waals surface area contributed by atoms with Gasteiger partial charge in [0.1, 0.15) is 5.82 Å². The summed E-state index contributed by atoms with van der Waals surface area (Å²) >= 11 is 0. The molecular formula is C19H21N3OS. The summed E-state index contributed by atoms with van der Waals surface area (Å²) in [5, 5.41) is 3.44. The van der Waals surface area contributed by atoms with Crippen molar-refractivity contribution in [1.82, 2.24) is 9.55 Å². The average molecular weight is 339 g/mol. The summed E-state index contributed by atoms with van der Waals surface area (Å²) in [6, 6.07) is 18.3. The van der Waals surface area contributed by atoms with Gasteiger partial charge in [-0.25, -0.2) is 4.98 Å². The molecule has 5 heteroatoms. The van der Waals surface area contributed by atoms with Gasteiger partial charge in [0.05, 0.1) is 18.4 Å². The van der Waals surface area contributed by atoms with Crippen molar-refractivity contribution < 1.29 is 4.21 Å². The highest BCUT2D eigenvalue weighted by atomic mass is 32.2. The molecule has 1 heterocycles. The summed E-state index contributed by atoms with van der Waals surface area (Å²) in [5.74, 6) is 1.55. The highest BCUT2D eigenvalue weighted by Gasteiger charge is 2.08. The van der Waals surface area contributed by atoms with Gasteiger partial charge >= 0.3 is 0 Å². The first-order valence-corrected chi connectivity index (χ1v) is 9.57. The second kappa shape index (κ2) is 7.45. The van der Waals surface area contributed by atoms with E-state index in [4.69, 9.17) is 0 Å². The third kappa shape index (κ3) is 3.92. The van der Waals surface area contributed by atoms with E-state index in [-0.39, 0.29) is 0 Å². The number of hydrogen-bond acceptors (Lipinski definition) is 3. The molecule has 0 saturated carbocycles. The number of nitrogens with zero attached hydrogens (tertiary/aromatic N) is 2. The molecule has 1 atom stereocenters. The Morgan fingerprint density at radius 3 is 2.67 bits per heavy atom. The van der Waals surface area contributed by atoms with Crippen LogP contribution in [0, 0.1) is 6.92 Å². The molecule has 3 aromatic rings. The van der Waals surface area contributed by atoms with Crippen LogP contribution >= 0.6 is 0 Å². The number of aromatic nitrogens is 2. The summed E-state index contributed by atoms with van der Waals surface area (Å²) in [5.41, 5.74) is 4.31. The van der Waals surface area contributed by atoms with Crippen molar-refractivity contribution >= 4 is 16.5 Å². The Kier molecular flexibility index (Phi) is 5.11. The van der Waals surface area contributed by atoms with E-state index in [1.165, 1.54) is 0 Å². The SMILES string of the molecule is Cc1ncc(CNc2cccc(C[S@@](C)=O)c2)n1-c1ccccc1. The predicted molar refractivity (Wildman–Crippen MR) is 99.8 cm³/mol. The van der Waals surface area contributed by atoms with Gasteiger partial charge in [0, 0.05) is 34.2 Å². The molecule has 0 bridgehead atoms. The molecule has 124 valence electrons. The average Bonchev–Trinajstić information content (AvgIpc) is 2.94. The lowest BCUT2D eigenvalue weighted by atomic mass is 10.2. The van der Waals surface area contributed by atoms with Crippen molar-refractivity contribution in [2.45, 2.75) is 19.2 Å². The van der Waals surface area contributed by atoms with Crippen LogP contribution in [0.4, 0.5) is 5.69 Å². The zero-order valence-electron chi connectivity index (χ0n) is 13.9. The standard InChI is InChI=1S/C19H21N3OS/c1-15-20-12-19(22(15)18-9-4-3-5-10-18)13-21-17-8-6-7-16(11-17)14-24(2)23/h3-12,21H,13-14H2,1-2H3/t24-/m1/s1. The normalized spacial score (nSPS) is 12.1. The lowest BCUT2D eigenvalue weighted by Gasteiger charge is -2.12. The molecule has 0 radical (unpaired) electrons. The highest BCUT2D eigenvalue weighted by Crippen LogP contribution is 2.17. The highest BCUT2D eigenvalue weighted by molar-refractivity contribution is 7.83. The van der Waals surface area contributed by atoms with Gasteiger partial charge in [0.25, 0.3) is 0 Å². The predicted octanol–water partition coefficient (Wildman–Crippen LogP) is 3.67. The van der Waals surface area contributed by atoms with Crippen LogP contribution in [0.25, 0.3) is 5.69 Å². The van der Waals surface area contributed by atoms with E-state index in [1.54, 1.807) is 6.26 Å². The maximum atomic E-state index is 11.4. The zero-order chi connectivity index (χ0) is 16.9. The number of hydrogen-bond donors (Lipinski definition) is 1. The Morgan fingerprint density at radius 2 is 1.92 bits per heavy atom. The number of benzene rings is 2. The minimum atomic E-state index is -0.832. The van der Waals surface area contributed by atoms with Crippen LogP contribution in [0.5, 0.6) is 0 Å². The summed E-state index contributed by atoms with van der Waals surface area (Å²) < 4.78 is 13.5. The molecule has 0 aliphatic heterocycles. The van der Waals surface area contributed by atoms with Crippen molar-refractivity contribution in [1.29, 1.82) is 0 Å². The fourth-order valence-electron chi connectivity index (χ4n) is 2.74. The van der Waals surface area contributed by atoms with Crippen molar-refractivity contribution in [3.8, 4) is 5.69 Å². The molecule has 24 heavy (non-hydrogen) atoms. The van der Waals surface area contributed by atoms with Crippen LogP contribution in [0.1, 0.15) is 17.1 Å². The lowest BCUT2D eigenvalue weighted by Crippen LogP contribution is -2.07. The molecule has 2 aromatic carbocycles. The Balaban J connectivity index is 1.78. The Bertz CT molecular complexity index is 843. The molecule has 4 nitrogen and oxygen atoms in total. The fourth-order valence-corrected chi connectivity index (χ4v) is 3.39. The lowest BCUT2D eigenvalue weighted by molar-refractivity contribution is 0.686. The number of anilines is 1. The van der Waals surface area contributed by atoms with Crippen LogP contribution in [-0.4, -0.2) is 20.0 Å². The van der Waals surface area contributed by atoms with Crippen molar-refractivity contribution in [2.75, 3.05) is 11.6 Å². The number of imidazole rings is 1. The molecule has 0 aliphatic rings. The van der Waals surface area contributed by atoms with Gasteiger partial charge in [0.2, 0.25) is 0 Å². The first kappa shape index (κ1) is 16.5. The minimum absolute atomic E-state index is 0.580. The van der Waals surface area contributed by atoms with Gasteiger partial charge in [-0.3, -0.25) is 8.78 Å². The first-order valence-electron chi connectivity index (χ1n) is 7.85. The maximum absolute atomic E-state index is 11.4. The second-order valence-corrected chi connectivity index (χ2v) is 7.17. The van der Waals surface area contributed by atoms with Crippen LogP contribution in [-0.2, 0) is 23.1 Å². The van der Waals surface area contributed by atoms with Gasteiger partial charge in [0.15, 0.2) is 0 Å². The van der Waals surface area contributed by atoms with E-state index >= 15 is 0 Å². The van der Waals surface area contributed by atoms with E-state index in [0.717, 1.165) is 28.5 Å². The van der Waals surface area contributed by atoms with E-state index < -0.39 is 10.8 Å². The second-order valence-electron chi connectivity index (χ2n) is 5.74. The summed E-state index contributed by atoms with van der Waals surface area (Å²) in [6.45, 7) is 2.68. The van der Waals surface area contributed by atoms with E-state index in [1.807, 2.05) is 49.5 Å². The van der Waals surface area contributed by atoms with Gasteiger partial charge in [-0.2, -0.15) is 0 Å². The smallest absolute Gasteiger partial charge is 0.110 e. The van der Waals surface area contributed by atoms with Gasteiger partial charge in [-0.05, 0) is 36.8 Å². The molecule has 3 rings (SSSR count). The van der Waals surface area contributed by atoms with Gasteiger partial charge in [-0.15, -0.1) is 0 Å². The zero-order valence-corrected chi connectivity index (χ0v) is 14.7. The van der Waals surface area contributed by atoms with Crippen molar-refractivity contribution in [3.63, 3.8) is 0 Å². The molecule has 0 aliphatic carbocycles. The number of para-hydroxylation sites is 1. The third-order valence-electron chi connectivity index (χ3n) is 3.80. The molecule has 0 spiro atoms. The molecule has 1 N–H and O–H groups in total. The van der Waals surface area contributed by atoms with Gasteiger partial charge in [-0.1, -0.05) is 30.3 Å². The van der Waals surface area contributed by atoms with Crippen LogP contribution in [0.15, 0.2) is 60.8 Å². The van der Waals surface area contributed by atoms with Crippen molar-refractivity contribution in [3.05, 3.63) is 77.9 Å². The topological polar surface area (TPSA) is 46.9 Å². The number of nitrogens with one attached hydrogen (secondary N) is 1. The largest absolute Gasteiger partial charge is 0.379 e. The Hall–Kier alpha value is -2.40. The molecule has 0 unspecified atom stereocenters. The van der Waals surface area contributed by atoms with E-state index in [9.17, 15) is 4.21 Å². The third-order valence-corrected chi connectivity index (χ3v) is 4.54. The molecule has 0 amide bonds. The Labute approximate surface area is 145 Å². The van der Waals surface area contributed by atoms with Gasteiger partial charge < -0.3 is 5.32 Å². The van der Waals surface area contributed by atoms with E-state index in [2.05, 4.69) is 33.1 Å². The quantitative estimate of drug-likeness (QED) is 0.745. The molecule has 0 saturated heterocycles. The molecular weight excluding hydrogens is 318 g/mol. The van der Waals surface area contributed by atoms with Crippen LogP contribution in [0.2, 0.25) is 0 Å². The fraction of sp³-hybridized carbons (Fsp3) is 0.211. The van der Waals surface area contributed by atoms with E-state index in [0.29, 0.717) is 12.3 Å². The van der Waals surface area contributed by atoms with Crippen molar-refractivity contribution in [2.24, 2.45) is 0 Å². The summed E-state index contributed by atoms with van der Waals surface area (Å²) in [7, 11) is -0.832. The van der Waals surface area contributed by atoms with Crippen LogP contribution in [0.3, 0.4) is 0 Å². The van der Waals surface area contributed by atoms with Crippen LogP contribution < -0.4 is 5.32 Å². The summed E-state index contributed by atoms with van der Waals surface area (Å²) in [4.78, 5) is 4.44. The summed E-state index contributed by atoms with van der Waals surface area (Å²) in [6.07, 6.45) is 3.63. The number of rotatable bonds is 6. The maximum Gasteiger partial charge on any atom is 0.110 e. The first-order chi connectivity index (χ1) is 11.6. The molecule has 0 fully saturated rings. The molecule has 1 aromatic heterocycles. The monoisotopic (exact) mass is 339 g/mol. The number of aryl methyl sites for hydroxylation is 1. The minimum Gasteiger partial charge on any atom is -0.379 e. The Morgan fingerprint density at radius 1 is 1.12 bits per heavy atom.